The van der Waals surface area contributed by atoms with Gasteiger partial charge in [-0.25, -0.2) is 0 Å². The van der Waals surface area contributed by atoms with Gasteiger partial charge in [0.1, 0.15) is 0 Å². The molecule has 7 heteroatoms. The maximum absolute atomic E-state index is 11.5. The smallest absolute Gasteiger partial charge is 0.190 e. The standard InChI is InChI=1S/C14H15Cl6O/c15-13(16,17)7-1-3-10-5-6-12(21)9-11(10)4-2-8-14(18,19)20/h5-6,9H,1-4,7-8H2. The maximum atomic E-state index is 11.5. The summed E-state index contributed by atoms with van der Waals surface area (Å²) in [6, 6.07) is 5.00. The second kappa shape index (κ2) is 8.57. The van der Waals surface area contributed by atoms with E-state index in [9.17, 15) is 5.11 Å². The van der Waals surface area contributed by atoms with Crippen LogP contribution in [-0.4, -0.2) is 7.59 Å². The van der Waals surface area contributed by atoms with Gasteiger partial charge in [-0.05, 0) is 61.8 Å². The Morgan fingerprint density at radius 2 is 1.24 bits per heavy atom. The normalized spacial score (nSPS) is 12.7. The Labute approximate surface area is 155 Å². The molecule has 0 aliphatic rings. The summed E-state index contributed by atoms with van der Waals surface area (Å²) in [5.41, 5.74) is 2.05. The predicted octanol–water partition coefficient (Wildman–Crippen LogP) is 7.22. The van der Waals surface area contributed by atoms with Gasteiger partial charge in [-0.2, -0.15) is 0 Å². The monoisotopic (exact) mass is 409 g/mol. The molecule has 0 saturated carbocycles. The molecule has 0 fully saturated rings. The van der Waals surface area contributed by atoms with Crippen LogP contribution in [0.25, 0.3) is 0 Å². The third kappa shape index (κ3) is 9.48. The molecule has 0 spiro atoms. The highest BCUT2D eigenvalue weighted by atomic mass is 35.6. The first-order chi connectivity index (χ1) is 9.57. The minimum atomic E-state index is -1.26. The molecule has 0 aromatic heterocycles. The number of halogens is 6. The fourth-order valence-corrected chi connectivity index (χ4v) is 2.84. The van der Waals surface area contributed by atoms with Crippen molar-refractivity contribution in [3.63, 3.8) is 0 Å². The molecule has 1 rings (SSSR count). The maximum Gasteiger partial charge on any atom is 0.190 e. The second-order valence-corrected chi connectivity index (χ2v) is 9.90. The largest absolute Gasteiger partial charge is 0.290 e. The van der Waals surface area contributed by atoms with Crippen molar-refractivity contribution in [2.24, 2.45) is 0 Å². The Morgan fingerprint density at radius 3 is 1.71 bits per heavy atom. The van der Waals surface area contributed by atoms with Crippen LogP contribution in [0.5, 0.6) is 5.75 Å². The van der Waals surface area contributed by atoms with E-state index in [0.717, 1.165) is 24.0 Å². The highest BCUT2D eigenvalue weighted by Crippen LogP contribution is 2.34. The lowest BCUT2D eigenvalue weighted by molar-refractivity contribution is 0.354. The summed E-state index contributed by atoms with van der Waals surface area (Å²) in [6.45, 7) is 0. The number of hydrogen-bond donors (Lipinski definition) is 0. The first-order valence-electron chi connectivity index (χ1n) is 6.49. The molecule has 1 nitrogen and oxygen atoms in total. The van der Waals surface area contributed by atoms with Gasteiger partial charge in [-0.1, -0.05) is 75.7 Å². The molecule has 0 saturated heterocycles. The lowest BCUT2D eigenvalue weighted by Crippen LogP contribution is -2.05. The zero-order chi connectivity index (χ0) is 16.1. The summed E-state index contributed by atoms with van der Waals surface area (Å²) in [7, 11) is 0. The van der Waals surface area contributed by atoms with Crippen molar-refractivity contribution in [3.05, 3.63) is 29.3 Å². The fourth-order valence-electron chi connectivity index (χ4n) is 2.04. The third-order valence-electron chi connectivity index (χ3n) is 2.99. The fraction of sp³-hybridized carbons (Fsp3) is 0.571. The van der Waals surface area contributed by atoms with Crippen LogP contribution in [0.4, 0.5) is 0 Å². The SMILES string of the molecule is [O]c1ccc(CCCC(Cl)(Cl)Cl)c(CCCC(Cl)(Cl)Cl)c1. The molecule has 0 bridgehead atoms. The van der Waals surface area contributed by atoms with Gasteiger partial charge in [0, 0.05) is 0 Å². The van der Waals surface area contributed by atoms with Crippen LogP contribution in [0, 0.1) is 0 Å². The van der Waals surface area contributed by atoms with Crippen molar-refractivity contribution in [3.8, 4) is 5.75 Å². The number of alkyl halides is 6. The Balaban J connectivity index is 2.62. The van der Waals surface area contributed by atoms with Gasteiger partial charge in [0.25, 0.3) is 0 Å². The molecule has 0 heterocycles. The molecule has 1 aromatic rings. The van der Waals surface area contributed by atoms with Crippen molar-refractivity contribution in [1.29, 1.82) is 0 Å². The Bertz CT molecular complexity index is 450. The Hall–Kier alpha value is 0.760. The average Bonchev–Trinajstić information content (AvgIpc) is 2.28. The molecule has 21 heavy (non-hydrogen) atoms. The minimum absolute atomic E-state index is 0.0241. The van der Waals surface area contributed by atoms with Gasteiger partial charge in [0.15, 0.2) is 13.3 Å². The van der Waals surface area contributed by atoms with Crippen LogP contribution in [0.15, 0.2) is 18.2 Å². The van der Waals surface area contributed by atoms with E-state index in [1.54, 1.807) is 12.1 Å². The number of benzene rings is 1. The quantitative estimate of drug-likeness (QED) is 0.440. The molecule has 1 aromatic carbocycles. The minimum Gasteiger partial charge on any atom is -0.290 e. The highest BCUT2D eigenvalue weighted by molar-refractivity contribution is 6.67. The van der Waals surface area contributed by atoms with E-state index < -0.39 is 7.59 Å². The van der Waals surface area contributed by atoms with Gasteiger partial charge in [0.2, 0.25) is 0 Å². The number of hydrogen-bond acceptors (Lipinski definition) is 0. The lowest BCUT2D eigenvalue weighted by atomic mass is 9.97. The van der Waals surface area contributed by atoms with E-state index in [-0.39, 0.29) is 5.75 Å². The predicted molar refractivity (Wildman–Crippen MR) is 93.0 cm³/mol. The summed E-state index contributed by atoms with van der Waals surface area (Å²) < 4.78 is -2.50. The highest BCUT2D eigenvalue weighted by Gasteiger charge is 2.20. The van der Waals surface area contributed by atoms with Crippen molar-refractivity contribution in [2.75, 3.05) is 0 Å². The first-order valence-corrected chi connectivity index (χ1v) is 8.76. The summed E-state index contributed by atoms with van der Waals surface area (Å²) in [5.74, 6) is -0.0241. The van der Waals surface area contributed by atoms with Gasteiger partial charge in [-0.3, -0.25) is 5.11 Å². The van der Waals surface area contributed by atoms with Crippen LogP contribution >= 0.6 is 69.6 Å². The van der Waals surface area contributed by atoms with Crippen LogP contribution < -0.4 is 0 Å². The second-order valence-electron chi connectivity index (χ2n) is 4.87. The number of rotatable bonds is 6. The van der Waals surface area contributed by atoms with E-state index in [2.05, 4.69) is 0 Å². The molecule has 0 aliphatic carbocycles. The van der Waals surface area contributed by atoms with Crippen molar-refractivity contribution in [1.82, 2.24) is 0 Å². The molecule has 1 radical (unpaired) electrons. The van der Waals surface area contributed by atoms with Gasteiger partial charge in [0.05, 0.1) is 0 Å². The zero-order valence-corrected chi connectivity index (χ0v) is 15.7. The summed E-state index contributed by atoms with van der Waals surface area (Å²) in [6.07, 6.45) is 3.76. The van der Waals surface area contributed by atoms with Gasteiger partial charge < -0.3 is 0 Å². The van der Waals surface area contributed by atoms with Crippen molar-refractivity contribution < 1.29 is 5.11 Å². The average molecular weight is 412 g/mol. The van der Waals surface area contributed by atoms with E-state index in [4.69, 9.17) is 69.6 Å². The summed E-state index contributed by atoms with van der Waals surface area (Å²) in [4.78, 5) is 0. The molecule has 0 amide bonds. The van der Waals surface area contributed by atoms with Crippen LogP contribution in [0.1, 0.15) is 36.8 Å². The molecule has 0 unspecified atom stereocenters. The summed E-state index contributed by atoms with van der Waals surface area (Å²) >= 11 is 34.4. The van der Waals surface area contributed by atoms with E-state index in [1.165, 1.54) is 0 Å². The lowest BCUT2D eigenvalue weighted by Gasteiger charge is -2.14. The summed E-state index contributed by atoms with van der Waals surface area (Å²) in [5, 5.41) is 11.5. The first kappa shape index (κ1) is 19.8. The molecular weight excluding hydrogens is 397 g/mol. The number of aryl methyl sites for hydroxylation is 2. The van der Waals surface area contributed by atoms with Crippen LogP contribution in [0.3, 0.4) is 0 Å². The molecule has 0 aliphatic heterocycles. The van der Waals surface area contributed by atoms with Crippen LogP contribution in [0.2, 0.25) is 0 Å². The van der Waals surface area contributed by atoms with E-state index >= 15 is 0 Å². The topological polar surface area (TPSA) is 19.9 Å². The van der Waals surface area contributed by atoms with Crippen molar-refractivity contribution in [2.45, 2.75) is 46.1 Å². The van der Waals surface area contributed by atoms with Gasteiger partial charge >= 0.3 is 0 Å². The molecular formula is C14H15Cl6O. The Kier molecular flexibility index (Phi) is 8.08. The van der Waals surface area contributed by atoms with E-state index in [1.807, 2.05) is 6.07 Å². The van der Waals surface area contributed by atoms with Crippen molar-refractivity contribution >= 4 is 69.6 Å². The zero-order valence-electron chi connectivity index (χ0n) is 11.2. The van der Waals surface area contributed by atoms with Crippen LogP contribution in [-0.2, 0) is 17.9 Å². The van der Waals surface area contributed by atoms with Gasteiger partial charge in [-0.15, -0.1) is 0 Å². The molecule has 0 N–H and O–H groups in total. The van der Waals surface area contributed by atoms with E-state index in [0.29, 0.717) is 25.7 Å². The third-order valence-corrected chi connectivity index (χ3v) is 4.12. The molecule has 119 valence electrons. The Morgan fingerprint density at radius 1 is 0.762 bits per heavy atom. The molecule has 0 atom stereocenters.